The summed E-state index contributed by atoms with van der Waals surface area (Å²) in [6.45, 7) is 0. The molecule has 2 saturated heterocycles. The zero-order valence-corrected chi connectivity index (χ0v) is 22.9. The largest absolute Gasteiger partial charge is 0.289 e. The lowest BCUT2D eigenvalue weighted by molar-refractivity contribution is -0.123. The van der Waals surface area contributed by atoms with Crippen LogP contribution in [0.4, 0.5) is 5.69 Å². The Hall–Kier alpha value is -3.27. The van der Waals surface area contributed by atoms with Gasteiger partial charge in [0.2, 0.25) is 0 Å². The lowest BCUT2D eigenvalue weighted by Crippen LogP contribution is -2.39. The van der Waals surface area contributed by atoms with Crippen LogP contribution < -0.4 is 5.01 Å². The predicted octanol–water partition coefficient (Wildman–Crippen LogP) is 5.43. The van der Waals surface area contributed by atoms with E-state index in [4.69, 9.17) is 17.3 Å². The van der Waals surface area contributed by atoms with Gasteiger partial charge in [-0.3, -0.25) is 14.7 Å². The number of rotatable bonds is 5. The second kappa shape index (κ2) is 10.1. The van der Waals surface area contributed by atoms with Crippen molar-refractivity contribution < 1.29 is 13.2 Å². The summed E-state index contributed by atoms with van der Waals surface area (Å²) in [6.07, 6.45) is 3.06. The Labute approximate surface area is 232 Å². The molecular weight excluding hydrogens is 535 g/mol. The van der Waals surface area contributed by atoms with Crippen molar-refractivity contribution in [2.75, 3.05) is 16.5 Å². The lowest BCUT2D eigenvalue weighted by Gasteiger charge is -2.24. The number of thiocarbonyl (C=S) groups is 1. The number of sulfone groups is 1. The van der Waals surface area contributed by atoms with Crippen molar-refractivity contribution in [1.29, 1.82) is 0 Å². The first-order valence-corrected chi connectivity index (χ1v) is 15.5. The topological polar surface area (TPSA) is 70.1 Å². The van der Waals surface area contributed by atoms with Crippen molar-refractivity contribution in [2.24, 2.45) is 5.10 Å². The normalized spacial score (nSPS) is 23.9. The molecule has 6 nitrogen and oxygen atoms in total. The molecule has 0 radical (unpaired) electrons. The van der Waals surface area contributed by atoms with Crippen molar-refractivity contribution in [3.63, 3.8) is 0 Å². The highest BCUT2D eigenvalue weighted by Gasteiger charge is 2.42. The molecule has 0 spiro atoms. The Kier molecular flexibility index (Phi) is 6.67. The third-order valence-corrected chi connectivity index (χ3v) is 10.1. The number of nitrogens with zero attached hydrogens (tertiary/aromatic N) is 3. The average Bonchev–Trinajstić information content (AvgIpc) is 3.60. The summed E-state index contributed by atoms with van der Waals surface area (Å²) in [4.78, 5) is 15.1. The summed E-state index contributed by atoms with van der Waals surface area (Å²) in [5, 5.41) is 7.08. The third-order valence-electron chi connectivity index (χ3n) is 7.05. The molecule has 2 fully saturated rings. The van der Waals surface area contributed by atoms with Gasteiger partial charge in [-0.05, 0) is 41.3 Å². The fourth-order valence-corrected chi connectivity index (χ4v) is 8.24. The van der Waals surface area contributed by atoms with E-state index in [2.05, 4.69) is 29.3 Å². The van der Waals surface area contributed by atoms with Gasteiger partial charge in [0.15, 0.2) is 9.84 Å². The summed E-state index contributed by atoms with van der Waals surface area (Å²) in [5.74, 6) is -0.137. The Bertz CT molecular complexity index is 1550. The molecule has 1 amide bonds. The number of amides is 1. The maximum absolute atomic E-state index is 13.1. The second-order valence-corrected chi connectivity index (χ2v) is 13.5. The van der Waals surface area contributed by atoms with Gasteiger partial charge in [-0.15, -0.1) is 0 Å². The Morgan fingerprint density at radius 2 is 1.63 bits per heavy atom. The van der Waals surface area contributed by atoms with Crippen LogP contribution in [0.1, 0.15) is 35.6 Å². The number of hydrogen-bond donors (Lipinski definition) is 0. The lowest BCUT2D eigenvalue weighted by atomic mass is 9.98. The zero-order valence-electron chi connectivity index (χ0n) is 20.4. The van der Waals surface area contributed by atoms with E-state index < -0.39 is 9.84 Å². The molecule has 3 aliphatic rings. The number of carbonyl (C=O) groups excluding carboxylic acids is 1. The van der Waals surface area contributed by atoms with Crippen LogP contribution in [0.2, 0.25) is 0 Å². The average molecular weight is 560 g/mol. The molecule has 0 unspecified atom stereocenters. The van der Waals surface area contributed by atoms with E-state index in [9.17, 15) is 13.2 Å². The number of anilines is 1. The molecule has 3 aromatic rings. The van der Waals surface area contributed by atoms with Gasteiger partial charge in [-0.1, -0.05) is 96.8 Å². The minimum atomic E-state index is -3.11. The van der Waals surface area contributed by atoms with Gasteiger partial charge in [-0.25, -0.2) is 8.42 Å². The predicted molar refractivity (Wildman–Crippen MR) is 158 cm³/mol. The fourth-order valence-electron chi connectivity index (χ4n) is 5.14. The smallest absolute Gasteiger partial charge is 0.266 e. The van der Waals surface area contributed by atoms with E-state index in [1.54, 1.807) is 0 Å². The van der Waals surface area contributed by atoms with Crippen LogP contribution in [0.15, 0.2) is 94.9 Å². The van der Waals surface area contributed by atoms with E-state index in [-0.39, 0.29) is 29.5 Å². The van der Waals surface area contributed by atoms with E-state index in [0.29, 0.717) is 15.6 Å². The van der Waals surface area contributed by atoms with E-state index >= 15 is 0 Å². The molecule has 0 aromatic heterocycles. The van der Waals surface area contributed by atoms with Crippen LogP contribution in [-0.4, -0.2) is 46.8 Å². The standard InChI is InChI=1S/C29H25N3O3S3/c33-28-27(37-29(36)31(28)24-15-16-38(34,35)19-24)17-20-11-13-23(14-12-20)32-26(22-9-5-2-6-10-22)18-25(30-32)21-7-3-1-4-8-21/h1-14,17,24,26H,15-16,18-19H2/b27-17+/t24-,26+/m1/s1. The summed E-state index contributed by atoms with van der Waals surface area (Å²) >= 11 is 6.67. The molecule has 9 heteroatoms. The molecule has 6 rings (SSSR count). The van der Waals surface area contributed by atoms with Crippen LogP contribution >= 0.6 is 24.0 Å². The molecule has 192 valence electrons. The van der Waals surface area contributed by atoms with Gasteiger partial charge < -0.3 is 0 Å². The molecule has 0 N–H and O–H groups in total. The van der Waals surface area contributed by atoms with Gasteiger partial charge in [0.25, 0.3) is 5.91 Å². The zero-order chi connectivity index (χ0) is 26.3. The molecule has 0 bridgehead atoms. The highest BCUT2D eigenvalue weighted by molar-refractivity contribution is 8.26. The minimum absolute atomic E-state index is 0.0225. The molecule has 3 heterocycles. The van der Waals surface area contributed by atoms with Crippen LogP contribution in [-0.2, 0) is 14.6 Å². The van der Waals surface area contributed by atoms with E-state index in [1.807, 2.05) is 66.7 Å². The highest BCUT2D eigenvalue weighted by atomic mass is 32.2. The van der Waals surface area contributed by atoms with Gasteiger partial charge >= 0.3 is 0 Å². The molecule has 0 saturated carbocycles. The Morgan fingerprint density at radius 3 is 2.29 bits per heavy atom. The number of hydrazone groups is 1. The molecule has 0 aliphatic carbocycles. The second-order valence-electron chi connectivity index (χ2n) is 9.59. The van der Waals surface area contributed by atoms with Crippen LogP contribution in [0.3, 0.4) is 0 Å². The third kappa shape index (κ3) is 4.93. The first-order chi connectivity index (χ1) is 18.4. The number of hydrogen-bond acceptors (Lipinski definition) is 7. The first-order valence-electron chi connectivity index (χ1n) is 12.4. The molecule has 3 aliphatic heterocycles. The fraction of sp³-hybridized carbons (Fsp3) is 0.207. The SMILES string of the molecule is O=C1/C(=C\c2ccc(N3N=C(c4ccccc4)C[C@H]3c3ccccc3)cc2)SC(=S)N1[C@@H]1CCS(=O)(=O)C1. The van der Waals surface area contributed by atoms with Crippen LogP contribution in [0.5, 0.6) is 0 Å². The number of thioether (sulfide) groups is 1. The maximum atomic E-state index is 13.1. The van der Waals surface area contributed by atoms with Crippen LogP contribution in [0.25, 0.3) is 6.08 Å². The minimum Gasteiger partial charge on any atom is -0.289 e. The molecule has 3 aromatic carbocycles. The summed E-state index contributed by atoms with van der Waals surface area (Å²) in [6, 6.07) is 28.3. The van der Waals surface area contributed by atoms with Crippen molar-refractivity contribution in [2.45, 2.75) is 24.9 Å². The van der Waals surface area contributed by atoms with Crippen molar-refractivity contribution in [3.05, 3.63) is 107 Å². The number of carbonyl (C=O) groups is 1. The summed E-state index contributed by atoms with van der Waals surface area (Å²) < 4.78 is 24.3. The van der Waals surface area contributed by atoms with Crippen LogP contribution in [0, 0.1) is 0 Å². The van der Waals surface area contributed by atoms with E-state index in [1.165, 1.54) is 22.2 Å². The summed E-state index contributed by atoms with van der Waals surface area (Å²) in [7, 11) is -3.11. The Balaban J connectivity index is 1.25. The Morgan fingerprint density at radius 1 is 0.947 bits per heavy atom. The van der Waals surface area contributed by atoms with Gasteiger partial charge in [0, 0.05) is 6.42 Å². The first kappa shape index (κ1) is 25.0. The quantitative estimate of drug-likeness (QED) is 0.307. The molecule has 38 heavy (non-hydrogen) atoms. The van der Waals surface area contributed by atoms with Crippen molar-refractivity contribution in [3.8, 4) is 0 Å². The van der Waals surface area contributed by atoms with Crippen molar-refractivity contribution in [1.82, 2.24) is 4.90 Å². The number of benzene rings is 3. The highest BCUT2D eigenvalue weighted by Crippen LogP contribution is 2.38. The summed E-state index contributed by atoms with van der Waals surface area (Å²) in [5.41, 5.74) is 5.19. The van der Waals surface area contributed by atoms with Gasteiger partial charge in [-0.2, -0.15) is 5.10 Å². The maximum Gasteiger partial charge on any atom is 0.266 e. The van der Waals surface area contributed by atoms with Gasteiger partial charge in [0.1, 0.15) is 4.32 Å². The monoisotopic (exact) mass is 559 g/mol. The van der Waals surface area contributed by atoms with E-state index in [0.717, 1.165) is 28.9 Å². The van der Waals surface area contributed by atoms with Gasteiger partial charge in [0.05, 0.1) is 39.9 Å². The molecule has 2 atom stereocenters. The van der Waals surface area contributed by atoms with Crippen molar-refractivity contribution >= 4 is 61.5 Å². The molecular formula is C29H25N3O3S3.